The number of nitrogens with two attached hydrogens (primary N) is 1. The van der Waals surface area contributed by atoms with E-state index in [9.17, 15) is 4.79 Å². The minimum absolute atomic E-state index is 0.212. The van der Waals surface area contributed by atoms with Crippen molar-refractivity contribution in [2.24, 2.45) is 5.73 Å². The Kier molecular flexibility index (Phi) is 3.43. The zero-order chi connectivity index (χ0) is 11.5. The smallest absolute Gasteiger partial charge is 0.240 e. The number of nitrogens with zero attached hydrogens (tertiary/aromatic N) is 2. The van der Waals surface area contributed by atoms with Crippen LogP contribution < -0.4 is 10.6 Å². The molecule has 2 rings (SSSR count). The van der Waals surface area contributed by atoms with Gasteiger partial charge in [0.1, 0.15) is 16.5 Å². The summed E-state index contributed by atoms with van der Waals surface area (Å²) in [7, 11) is 0. The highest BCUT2D eigenvalue weighted by Gasteiger charge is 2.27. The molecule has 1 atom stereocenters. The van der Waals surface area contributed by atoms with Crippen molar-refractivity contribution >= 4 is 27.7 Å². The van der Waals surface area contributed by atoms with Crippen LogP contribution in [0.2, 0.25) is 0 Å². The Labute approximate surface area is 103 Å². The summed E-state index contributed by atoms with van der Waals surface area (Å²) >= 11 is 3.33. The number of carbonyl (C=O) groups is 1. The summed E-state index contributed by atoms with van der Waals surface area (Å²) in [5, 5.41) is 0. The number of hydrogen-bond donors (Lipinski definition) is 1. The van der Waals surface area contributed by atoms with E-state index in [1.54, 1.807) is 0 Å². The summed E-state index contributed by atoms with van der Waals surface area (Å²) in [4.78, 5) is 17.7. The van der Waals surface area contributed by atoms with E-state index in [2.05, 4.69) is 20.9 Å². The average molecular weight is 284 g/mol. The summed E-state index contributed by atoms with van der Waals surface area (Å²) in [5.41, 5.74) is 5.41. The van der Waals surface area contributed by atoms with Gasteiger partial charge in [-0.15, -0.1) is 0 Å². The van der Waals surface area contributed by atoms with Crippen LogP contribution in [-0.2, 0) is 4.79 Å². The van der Waals surface area contributed by atoms with Crippen LogP contribution >= 0.6 is 15.9 Å². The van der Waals surface area contributed by atoms with Crippen LogP contribution in [0.25, 0.3) is 0 Å². The minimum Gasteiger partial charge on any atom is -0.368 e. The predicted octanol–water partition coefficient (Wildman–Crippen LogP) is 1.69. The van der Waals surface area contributed by atoms with E-state index < -0.39 is 0 Å². The molecule has 0 radical (unpaired) electrons. The van der Waals surface area contributed by atoms with E-state index in [1.807, 2.05) is 23.1 Å². The quantitative estimate of drug-likeness (QED) is 0.841. The van der Waals surface area contributed by atoms with Crippen LogP contribution in [0, 0.1) is 0 Å². The van der Waals surface area contributed by atoms with Crippen molar-refractivity contribution in [1.29, 1.82) is 0 Å². The standard InChI is InChI=1S/C11H14BrN3O/c12-9-5-3-6-10(14-9)15-7-2-1-4-8(15)11(13)16/h3,5-6,8H,1-2,4,7H2,(H2,13,16). The Bertz CT molecular complexity index is 397. The zero-order valence-corrected chi connectivity index (χ0v) is 10.5. The molecule has 2 heterocycles. The molecule has 0 aromatic carbocycles. The number of halogens is 1. The fourth-order valence-corrected chi connectivity index (χ4v) is 2.39. The number of hydrogen-bond acceptors (Lipinski definition) is 3. The van der Waals surface area contributed by atoms with Gasteiger partial charge in [0.2, 0.25) is 5.91 Å². The monoisotopic (exact) mass is 283 g/mol. The maximum atomic E-state index is 11.4. The lowest BCUT2D eigenvalue weighted by Gasteiger charge is -2.34. The molecule has 1 saturated heterocycles. The molecule has 1 aliphatic rings. The van der Waals surface area contributed by atoms with Gasteiger partial charge in [-0.05, 0) is 47.3 Å². The third-order valence-electron chi connectivity index (χ3n) is 2.83. The number of carbonyl (C=O) groups excluding carboxylic acids is 1. The summed E-state index contributed by atoms with van der Waals surface area (Å²) in [6, 6.07) is 5.48. The van der Waals surface area contributed by atoms with Crippen molar-refractivity contribution in [2.75, 3.05) is 11.4 Å². The van der Waals surface area contributed by atoms with Crippen molar-refractivity contribution < 1.29 is 4.79 Å². The Hall–Kier alpha value is -1.10. The van der Waals surface area contributed by atoms with Gasteiger partial charge in [0.25, 0.3) is 0 Å². The number of pyridine rings is 1. The van der Waals surface area contributed by atoms with Gasteiger partial charge in [-0.3, -0.25) is 4.79 Å². The molecule has 1 aromatic heterocycles. The van der Waals surface area contributed by atoms with Crippen LogP contribution in [-0.4, -0.2) is 23.5 Å². The van der Waals surface area contributed by atoms with E-state index in [-0.39, 0.29) is 11.9 Å². The molecule has 0 aliphatic carbocycles. The molecule has 1 aromatic rings. The maximum absolute atomic E-state index is 11.4. The number of piperidine rings is 1. The molecule has 0 spiro atoms. The Morgan fingerprint density at radius 2 is 2.31 bits per heavy atom. The Morgan fingerprint density at radius 1 is 1.50 bits per heavy atom. The number of primary amides is 1. The van der Waals surface area contributed by atoms with Crippen LogP contribution in [0.4, 0.5) is 5.82 Å². The third kappa shape index (κ3) is 2.35. The van der Waals surface area contributed by atoms with E-state index in [1.165, 1.54) is 0 Å². The number of amides is 1. The van der Waals surface area contributed by atoms with Gasteiger partial charge in [-0.2, -0.15) is 0 Å². The molecule has 2 N–H and O–H groups in total. The van der Waals surface area contributed by atoms with E-state index >= 15 is 0 Å². The molecule has 1 aliphatic heterocycles. The second-order valence-electron chi connectivity index (χ2n) is 3.93. The number of rotatable bonds is 2. The van der Waals surface area contributed by atoms with Gasteiger partial charge < -0.3 is 10.6 Å². The molecule has 1 unspecified atom stereocenters. The molecule has 86 valence electrons. The van der Waals surface area contributed by atoms with E-state index in [0.717, 1.165) is 36.2 Å². The fourth-order valence-electron chi connectivity index (χ4n) is 2.06. The van der Waals surface area contributed by atoms with E-state index in [0.29, 0.717) is 0 Å². The van der Waals surface area contributed by atoms with Crippen molar-refractivity contribution in [3.8, 4) is 0 Å². The van der Waals surface area contributed by atoms with Crippen molar-refractivity contribution in [2.45, 2.75) is 25.3 Å². The second kappa shape index (κ2) is 4.82. The SMILES string of the molecule is NC(=O)C1CCCCN1c1cccc(Br)n1. The van der Waals surface area contributed by atoms with Gasteiger partial charge in [-0.25, -0.2) is 4.98 Å². The summed E-state index contributed by atoms with van der Waals surface area (Å²) in [5.74, 6) is 0.555. The summed E-state index contributed by atoms with van der Waals surface area (Å²) in [6.45, 7) is 0.844. The second-order valence-corrected chi connectivity index (χ2v) is 4.74. The topological polar surface area (TPSA) is 59.2 Å². The Balaban J connectivity index is 2.26. The average Bonchev–Trinajstić information content (AvgIpc) is 2.29. The first kappa shape index (κ1) is 11.4. The first-order valence-electron chi connectivity index (χ1n) is 5.37. The zero-order valence-electron chi connectivity index (χ0n) is 8.90. The molecule has 0 saturated carbocycles. The molecule has 16 heavy (non-hydrogen) atoms. The number of aromatic nitrogens is 1. The lowest BCUT2D eigenvalue weighted by atomic mass is 10.0. The third-order valence-corrected chi connectivity index (χ3v) is 3.27. The molecule has 4 nitrogen and oxygen atoms in total. The summed E-state index contributed by atoms with van der Waals surface area (Å²) in [6.07, 6.45) is 2.96. The number of anilines is 1. The summed E-state index contributed by atoms with van der Waals surface area (Å²) < 4.78 is 0.777. The normalized spacial score (nSPS) is 20.8. The highest BCUT2D eigenvalue weighted by molar-refractivity contribution is 9.10. The van der Waals surface area contributed by atoms with Gasteiger partial charge >= 0.3 is 0 Å². The van der Waals surface area contributed by atoms with Gasteiger partial charge in [0.15, 0.2) is 0 Å². The van der Waals surface area contributed by atoms with E-state index in [4.69, 9.17) is 5.73 Å². The predicted molar refractivity (Wildman–Crippen MR) is 66.1 cm³/mol. The lowest BCUT2D eigenvalue weighted by molar-refractivity contribution is -0.119. The van der Waals surface area contributed by atoms with Crippen molar-refractivity contribution in [3.63, 3.8) is 0 Å². The molecular weight excluding hydrogens is 270 g/mol. The van der Waals surface area contributed by atoms with Crippen LogP contribution in [0.15, 0.2) is 22.8 Å². The fraction of sp³-hybridized carbons (Fsp3) is 0.455. The van der Waals surface area contributed by atoms with Gasteiger partial charge in [0.05, 0.1) is 0 Å². The molecule has 0 bridgehead atoms. The highest BCUT2D eigenvalue weighted by atomic mass is 79.9. The molecular formula is C11H14BrN3O. The first-order chi connectivity index (χ1) is 7.68. The maximum Gasteiger partial charge on any atom is 0.240 e. The molecule has 1 amide bonds. The first-order valence-corrected chi connectivity index (χ1v) is 6.16. The van der Waals surface area contributed by atoms with Gasteiger partial charge in [-0.1, -0.05) is 6.07 Å². The van der Waals surface area contributed by atoms with Crippen LogP contribution in [0.3, 0.4) is 0 Å². The van der Waals surface area contributed by atoms with Crippen LogP contribution in [0.1, 0.15) is 19.3 Å². The highest BCUT2D eigenvalue weighted by Crippen LogP contribution is 2.24. The molecule has 5 heteroatoms. The van der Waals surface area contributed by atoms with Crippen molar-refractivity contribution in [1.82, 2.24) is 4.98 Å². The van der Waals surface area contributed by atoms with Crippen LogP contribution in [0.5, 0.6) is 0 Å². The Morgan fingerprint density at radius 3 is 3.00 bits per heavy atom. The van der Waals surface area contributed by atoms with Gasteiger partial charge in [0, 0.05) is 6.54 Å². The minimum atomic E-state index is -0.263. The van der Waals surface area contributed by atoms with Crippen molar-refractivity contribution in [3.05, 3.63) is 22.8 Å². The lowest BCUT2D eigenvalue weighted by Crippen LogP contribution is -2.48. The largest absolute Gasteiger partial charge is 0.368 e. The molecule has 1 fully saturated rings.